The van der Waals surface area contributed by atoms with Gasteiger partial charge in [0.05, 0.1) is 38.3 Å². The van der Waals surface area contributed by atoms with Crippen LogP contribution in [0.5, 0.6) is 0 Å². The van der Waals surface area contributed by atoms with Gasteiger partial charge in [0.2, 0.25) is 0 Å². The Morgan fingerprint density at radius 2 is 0.900 bits per heavy atom. The molecule has 70 heavy (non-hydrogen) atoms. The van der Waals surface area contributed by atoms with Gasteiger partial charge in [-0.3, -0.25) is 24.1 Å². The predicted octanol–water partition coefficient (Wildman–Crippen LogP) is 13.8. The largest absolute Gasteiger partial charge is 0.508 e. The highest BCUT2D eigenvalue weighted by atomic mass is 16.7. The third-order valence-electron chi connectivity index (χ3n) is 13.4. The second-order valence-corrected chi connectivity index (χ2v) is 20.3. The summed E-state index contributed by atoms with van der Waals surface area (Å²) in [5.74, 6) is -2.03. The molecule has 0 radical (unpaired) electrons. The molecule has 1 saturated heterocycles. The van der Waals surface area contributed by atoms with E-state index < -0.39 is 12.1 Å². The molecule has 2 atom stereocenters. The quantitative estimate of drug-likeness (QED) is 0.0323. The summed E-state index contributed by atoms with van der Waals surface area (Å²) in [5, 5.41) is 0. The van der Waals surface area contributed by atoms with Crippen molar-refractivity contribution in [1.82, 2.24) is 4.90 Å². The van der Waals surface area contributed by atoms with Crippen LogP contribution in [0.1, 0.15) is 247 Å². The van der Waals surface area contributed by atoms with Gasteiger partial charge in [-0.05, 0) is 70.1 Å². The number of carbonyl (C=O) groups is 5. The molecule has 0 aliphatic carbocycles. The second-order valence-electron chi connectivity index (χ2n) is 20.3. The molecular formula is C57H105NO12. The predicted molar refractivity (Wildman–Crippen MR) is 279 cm³/mol. The summed E-state index contributed by atoms with van der Waals surface area (Å²) in [5.41, 5.74) is 0. The number of nitrogens with zero attached hydrogens (tertiary/aromatic N) is 1. The Labute approximate surface area is 427 Å². The molecule has 0 amide bonds. The average Bonchev–Trinajstić information content (AvgIpc) is 3.35. The number of unbranched alkanes of at least 4 members (excludes halogenated alkanes) is 21. The van der Waals surface area contributed by atoms with Gasteiger partial charge in [-0.25, -0.2) is 4.79 Å². The van der Waals surface area contributed by atoms with Crippen LogP contribution in [0.15, 0.2) is 0 Å². The van der Waals surface area contributed by atoms with Crippen LogP contribution in [0.3, 0.4) is 0 Å². The first-order valence-corrected chi connectivity index (χ1v) is 28.9. The molecule has 2 unspecified atom stereocenters. The third kappa shape index (κ3) is 39.7. The minimum Gasteiger partial charge on any atom is -0.466 e. The van der Waals surface area contributed by atoms with E-state index >= 15 is 0 Å². The fraction of sp³-hybridized carbons (Fsp3) is 0.912. The monoisotopic (exact) mass is 996 g/mol. The van der Waals surface area contributed by atoms with Crippen molar-refractivity contribution in [2.24, 2.45) is 17.8 Å². The maximum Gasteiger partial charge on any atom is 0.508 e. The van der Waals surface area contributed by atoms with E-state index in [1.165, 1.54) is 103 Å². The highest BCUT2D eigenvalue weighted by Crippen LogP contribution is 2.22. The van der Waals surface area contributed by atoms with Crippen LogP contribution in [-0.4, -0.2) is 107 Å². The summed E-state index contributed by atoms with van der Waals surface area (Å²) >= 11 is 0. The molecule has 13 nitrogen and oxygen atoms in total. The SMILES string of the molecule is CCCCCCCCCCOC(=O)CCCCC(C(=O)OCC(COC(=O)CCCCCCC(=O)OC(CCCCCCCC)CCCCCCCC)COC(=O)OCCCN1CCOCC1)C(C)C. The summed E-state index contributed by atoms with van der Waals surface area (Å²) in [7, 11) is 0. The standard InChI is InChI=1S/C57H105NO12/c1-6-9-12-15-18-19-24-31-42-65-53(59)37-30-29-35-52(49(4)5)56(62)68-47-50(48-69-57(63)66-43-32-39-58-40-44-64-45-41-58)46-67-54(60)36-27-22-23-28-38-55(61)70-51(33-25-20-16-13-10-7-2)34-26-21-17-14-11-8-3/h49-52H,6-48H2,1-5H3. The molecule has 0 aromatic heterocycles. The number of carbonyl (C=O) groups excluding carboxylic acids is 5. The number of rotatable bonds is 48. The minimum absolute atomic E-state index is 0.00739. The van der Waals surface area contributed by atoms with E-state index in [4.69, 9.17) is 33.2 Å². The Morgan fingerprint density at radius 3 is 1.47 bits per heavy atom. The molecule has 0 N–H and O–H groups in total. The molecule has 1 fully saturated rings. The molecule has 1 rings (SSSR count). The molecule has 0 saturated carbocycles. The Kier molecular flexibility index (Phi) is 43.8. The topological polar surface area (TPSA) is 153 Å². The van der Waals surface area contributed by atoms with Gasteiger partial charge in [0.1, 0.15) is 25.9 Å². The van der Waals surface area contributed by atoms with Crippen LogP contribution in [-0.2, 0) is 52.3 Å². The number of esters is 4. The summed E-state index contributed by atoms with van der Waals surface area (Å²) in [4.78, 5) is 66.2. The van der Waals surface area contributed by atoms with Crippen LogP contribution in [0.25, 0.3) is 0 Å². The Bertz CT molecular complexity index is 1260. The fourth-order valence-electron chi connectivity index (χ4n) is 8.79. The molecule has 1 aliphatic rings. The number of ether oxygens (including phenoxy) is 7. The lowest BCUT2D eigenvalue weighted by atomic mass is 9.90. The van der Waals surface area contributed by atoms with E-state index in [1.54, 1.807) is 0 Å². The normalized spacial score (nSPS) is 13.8. The van der Waals surface area contributed by atoms with Crippen molar-refractivity contribution in [2.75, 3.05) is 65.9 Å². The zero-order valence-corrected chi connectivity index (χ0v) is 45.6. The first-order valence-electron chi connectivity index (χ1n) is 28.9. The maximum atomic E-state index is 13.4. The van der Waals surface area contributed by atoms with Gasteiger partial charge in [-0.15, -0.1) is 0 Å². The zero-order valence-electron chi connectivity index (χ0n) is 45.6. The molecule has 1 aliphatic heterocycles. The Hall–Kier alpha value is -2.93. The zero-order chi connectivity index (χ0) is 51.1. The Morgan fingerprint density at radius 1 is 0.457 bits per heavy atom. The lowest BCUT2D eigenvalue weighted by molar-refractivity contribution is -0.155. The van der Waals surface area contributed by atoms with Crippen LogP contribution >= 0.6 is 0 Å². The van der Waals surface area contributed by atoms with Crippen molar-refractivity contribution in [3.8, 4) is 0 Å². The number of hydrogen-bond donors (Lipinski definition) is 0. The molecule has 0 spiro atoms. The second kappa shape index (κ2) is 47.1. The van der Waals surface area contributed by atoms with Gasteiger partial charge in [0.15, 0.2) is 0 Å². The van der Waals surface area contributed by atoms with Crippen LogP contribution in [0.2, 0.25) is 0 Å². The van der Waals surface area contributed by atoms with Crippen LogP contribution in [0.4, 0.5) is 4.79 Å². The highest BCUT2D eigenvalue weighted by molar-refractivity contribution is 5.73. The van der Waals surface area contributed by atoms with Gasteiger partial charge in [0.25, 0.3) is 0 Å². The summed E-state index contributed by atoms with van der Waals surface area (Å²) in [6, 6.07) is 0. The summed E-state index contributed by atoms with van der Waals surface area (Å²) in [6.45, 7) is 14.8. The van der Waals surface area contributed by atoms with Gasteiger partial charge in [-0.2, -0.15) is 0 Å². The van der Waals surface area contributed by atoms with E-state index in [1.807, 2.05) is 13.8 Å². The lowest BCUT2D eigenvalue weighted by Gasteiger charge is -2.26. The fourth-order valence-corrected chi connectivity index (χ4v) is 8.79. The van der Waals surface area contributed by atoms with Crippen molar-refractivity contribution < 1.29 is 57.1 Å². The number of morpholine rings is 1. The van der Waals surface area contributed by atoms with Crippen molar-refractivity contribution in [1.29, 1.82) is 0 Å². The maximum absolute atomic E-state index is 13.4. The summed E-state index contributed by atoms with van der Waals surface area (Å²) in [6.07, 6.45) is 31.6. The van der Waals surface area contributed by atoms with Gasteiger partial charge in [-0.1, -0.05) is 163 Å². The first-order chi connectivity index (χ1) is 34.1. The van der Waals surface area contributed by atoms with Gasteiger partial charge in [0, 0.05) is 38.9 Å². The molecular weight excluding hydrogens is 891 g/mol. The van der Waals surface area contributed by atoms with Crippen molar-refractivity contribution in [3.63, 3.8) is 0 Å². The molecule has 13 heteroatoms. The third-order valence-corrected chi connectivity index (χ3v) is 13.4. The first kappa shape index (κ1) is 65.1. The van der Waals surface area contributed by atoms with Gasteiger partial charge >= 0.3 is 30.0 Å². The molecule has 410 valence electrons. The highest BCUT2D eigenvalue weighted by Gasteiger charge is 2.26. The van der Waals surface area contributed by atoms with Crippen molar-refractivity contribution >= 4 is 30.0 Å². The molecule has 0 bridgehead atoms. The van der Waals surface area contributed by atoms with E-state index in [2.05, 4.69) is 25.7 Å². The van der Waals surface area contributed by atoms with E-state index in [-0.39, 0.29) is 74.7 Å². The molecule has 1 heterocycles. The van der Waals surface area contributed by atoms with Crippen molar-refractivity contribution in [2.45, 2.75) is 253 Å². The summed E-state index contributed by atoms with van der Waals surface area (Å²) < 4.78 is 39.0. The lowest BCUT2D eigenvalue weighted by Crippen LogP contribution is -2.37. The average molecular weight is 996 g/mol. The molecule has 0 aromatic carbocycles. The van der Waals surface area contributed by atoms with E-state index in [9.17, 15) is 24.0 Å². The van der Waals surface area contributed by atoms with E-state index in [0.29, 0.717) is 71.2 Å². The number of hydrogen-bond acceptors (Lipinski definition) is 13. The molecule has 0 aromatic rings. The van der Waals surface area contributed by atoms with E-state index in [0.717, 1.165) is 71.0 Å². The smallest absolute Gasteiger partial charge is 0.466 e. The van der Waals surface area contributed by atoms with Crippen LogP contribution in [0, 0.1) is 17.8 Å². The Balaban J connectivity index is 2.55. The van der Waals surface area contributed by atoms with Gasteiger partial charge < -0.3 is 33.2 Å². The van der Waals surface area contributed by atoms with Crippen LogP contribution < -0.4 is 0 Å². The van der Waals surface area contributed by atoms with Crippen molar-refractivity contribution in [3.05, 3.63) is 0 Å². The minimum atomic E-state index is -0.823.